The second kappa shape index (κ2) is 11.2. The summed E-state index contributed by atoms with van der Waals surface area (Å²) in [5, 5.41) is 4.04. The topological polar surface area (TPSA) is 93.3 Å². The molecule has 0 saturated carbocycles. The minimum absolute atomic E-state index is 0.0776. The molecule has 0 amide bonds. The predicted molar refractivity (Wildman–Crippen MR) is 128 cm³/mol. The van der Waals surface area contributed by atoms with E-state index in [4.69, 9.17) is 14.2 Å². The van der Waals surface area contributed by atoms with Crippen LogP contribution in [0.15, 0.2) is 90.4 Å². The van der Waals surface area contributed by atoms with Crippen LogP contribution in [0.2, 0.25) is 0 Å². The lowest BCUT2D eigenvalue weighted by Gasteiger charge is -2.24. The van der Waals surface area contributed by atoms with Crippen LogP contribution in [0.3, 0.4) is 0 Å². The predicted octanol–water partition coefficient (Wildman–Crippen LogP) is 2.81. The van der Waals surface area contributed by atoms with Gasteiger partial charge in [-0.2, -0.15) is 10.1 Å². The summed E-state index contributed by atoms with van der Waals surface area (Å²) in [5.41, 5.74) is 1.82. The van der Waals surface area contributed by atoms with Crippen molar-refractivity contribution in [1.29, 1.82) is 0 Å². The summed E-state index contributed by atoms with van der Waals surface area (Å²) < 4.78 is 21.2. The third kappa shape index (κ3) is 5.71. The SMILES string of the molecule is O=c1nc(-n2cncn2)ccn1[C@H]1CO[C@@H](COCc2ccccc2)[C@@H]1COCc1ccccc1. The maximum atomic E-state index is 12.9. The fourth-order valence-corrected chi connectivity index (χ4v) is 4.26. The van der Waals surface area contributed by atoms with E-state index in [1.54, 1.807) is 16.8 Å². The van der Waals surface area contributed by atoms with Gasteiger partial charge in [-0.1, -0.05) is 60.7 Å². The Morgan fingerprint density at radius 1 is 0.914 bits per heavy atom. The van der Waals surface area contributed by atoms with E-state index >= 15 is 0 Å². The molecule has 0 aliphatic carbocycles. The molecule has 0 spiro atoms. The fraction of sp³-hybridized carbons (Fsp3) is 0.308. The second-order valence-corrected chi connectivity index (χ2v) is 8.42. The molecule has 1 aliphatic rings. The minimum Gasteiger partial charge on any atom is -0.376 e. The lowest BCUT2D eigenvalue weighted by molar-refractivity contribution is -0.0240. The van der Waals surface area contributed by atoms with Gasteiger partial charge in [0, 0.05) is 12.1 Å². The Bertz CT molecular complexity index is 1250. The number of rotatable bonds is 10. The first-order chi connectivity index (χ1) is 17.3. The van der Waals surface area contributed by atoms with E-state index in [9.17, 15) is 4.79 Å². The van der Waals surface area contributed by atoms with E-state index in [0.29, 0.717) is 38.9 Å². The van der Waals surface area contributed by atoms with Crippen LogP contribution in [0.25, 0.3) is 5.82 Å². The van der Waals surface area contributed by atoms with Gasteiger partial charge in [-0.3, -0.25) is 4.57 Å². The molecule has 3 heterocycles. The van der Waals surface area contributed by atoms with Gasteiger partial charge in [-0.15, -0.1) is 0 Å². The van der Waals surface area contributed by atoms with Crippen LogP contribution in [0.4, 0.5) is 0 Å². The molecule has 0 radical (unpaired) electrons. The molecular formula is C26H27N5O4. The number of hydrogen-bond donors (Lipinski definition) is 0. The zero-order chi connectivity index (χ0) is 23.9. The largest absolute Gasteiger partial charge is 0.376 e. The van der Waals surface area contributed by atoms with Crippen LogP contribution >= 0.6 is 0 Å². The van der Waals surface area contributed by atoms with Gasteiger partial charge in [0.2, 0.25) is 0 Å². The summed E-state index contributed by atoms with van der Waals surface area (Å²) in [6, 6.07) is 21.6. The molecule has 9 heteroatoms. The van der Waals surface area contributed by atoms with Gasteiger partial charge in [0.1, 0.15) is 12.7 Å². The maximum Gasteiger partial charge on any atom is 0.349 e. The maximum absolute atomic E-state index is 12.9. The van der Waals surface area contributed by atoms with Crippen LogP contribution in [-0.2, 0) is 27.4 Å². The van der Waals surface area contributed by atoms with Crippen LogP contribution in [0, 0.1) is 5.92 Å². The van der Waals surface area contributed by atoms with Gasteiger partial charge >= 0.3 is 5.69 Å². The van der Waals surface area contributed by atoms with Crippen molar-refractivity contribution in [2.75, 3.05) is 19.8 Å². The van der Waals surface area contributed by atoms with Crippen molar-refractivity contribution in [2.24, 2.45) is 5.92 Å². The van der Waals surface area contributed by atoms with E-state index in [2.05, 4.69) is 15.1 Å². The summed E-state index contributed by atoms with van der Waals surface area (Å²) in [4.78, 5) is 21.0. The first-order valence-electron chi connectivity index (χ1n) is 11.6. The van der Waals surface area contributed by atoms with Crippen molar-refractivity contribution in [1.82, 2.24) is 24.3 Å². The summed E-state index contributed by atoms with van der Waals surface area (Å²) in [7, 11) is 0. The van der Waals surface area contributed by atoms with E-state index < -0.39 is 0 Å². The molecule has 0 bridgehead atoms. The van der Waals surface area contributed by atoms with Crippen LogP contribution < -0.4 is 5.69 Å². The highest BCUT2D eigenvalue weighted by Gasteiger charge is 2.39. The lowest BCUT2D eigenvalue weighted by atomic mass is 9.98. The van der Waals surface area contributed by atoms with Crippen LogP contribution in [-0.4, -0.2) is 50.2 Å². The zero-order valence-electron chi connectivity index (χ0n) is 19.2. The average molecular weight is 474 g/mol. The van der Waals surface area contributed by atoms with Crippen molar-refractivity contribution < 1.29 is 14.2 Å². The first-order valence-corrected chi connectivity index (χ1v) is 11.6. The van der Waals surface area contributed by atoms with E-state index in [1.165, 1.54) is 17.3 Å². The van der Waals surface area contributed by atoms with Crippen molar-refractivity contribution in [3.05, 3.63) is 107 Å². The van der Waals surface area contributed by atoms with Gasteiger partial charge < -0.3 is 14.2 Å². The highest BCUT2D eigenvalue weighted by atomic mass is 16.5. The first kappa shape index (κ1) is 23.1. The molecule has 180 valence electrons. The molecule has 35 heavy (non-hydrogen) atoms. The molecule has 2 aromatic heterocycles. The highest BCUT2D eigenvalue weighted by molar-refractivity contribution is 5.17. The number of aromatic nitrogens is 5. The molecule has 1 fully saturated rings. The monoisotopic (exact) mass is 473 g/mol. The highest BCUT2D eigenvalue weighted by Crippen LogP contribution is 2.31. The Morgan fingerprint density at radius 2 is 1.60 bits per heavy atom. The molecule has 9 nitrogen and oxygen atoms in total. The van der Waals surface area contributed by atoms with E-state index in [0.717, 1.165) is 11.1 Å². The van der Waals surface area contributed by atoms with Crippen molar-refractivity contribution >= 4 is 0 Å². The third-order valence-corrected chi connectivity index (χ3v) is 6.09. The molecule has 1 aliphatic heterocycles. The van der Waals surface area contributed by atoms with Gasteiger partial charge in [0.05, 0.1) is 45.2 Å². The molecular weight excluding hydrogens is 446 g/mol. The molecule has 0 N–H and O–H groups in total. The van der Waals surface area contributed by atoms with Crippen molar-refractivity contribution in [3.8, 4) is 5.82 Å². The Kier molecular flexibility index (Phi) is 7.38. The standard InChI is InChI=1S/C26H27N5O4/c32-26-29-25(31-19-27-18-28-31)11-12-30(26)23-16-35-24(17-34-14-21-9-5-2-6-10-21)22(23)15-33-13-20-7-3-1-4-8-20/h1-12,18-19,22-24H,13-17H2/t22-,23+,24+/m1/s1. The molecule has 4 aromatic rings. The molecule has 1 saturated heterocycles. The number of benzene rings is 2. The smallest absolute Gasteiger partial charge is 0.349 e. The summed E-state index contributed by atoms with van der Waals surface area (Å²) >= 11 is 0. The summed E-state index contributed by atoms with van der Waals surface area (Å²) in [6.07, 6.45) is 4.43. The normalized spacial score (nSPS) is 19.7. The summed E-state index contributed by atoms with van der Waals surface area (Å²) in [6.45, 7) is 2.19. The molecule has 2 aromatic carbocycles. The van der Waals surface area contributed by atoms with E-state index in [1.807, 2.05) is 60.7 Å². The number of ether oxygens (including phenoxy) is 3. The van der Waals surface area contributed by atoms with Gasteiger partial charge in [-0.25, -0.2) is 14.5 Å². The number of hydrogen-bond acceptors (Lipinski definition) is 7. The van der Waals surface area contributed by atoms with Crippen molar-refractivity contribution in [3.63, 3.8) is 0 Å². The third-order valence-electron chi connectivity index (χ3n) is 6.09. The Morgan fingerprint density at radius 3 is 2.23 bits per heavy atom. The van der Waals surface area contributed by atoms with Gasteiger partial charge in [-0.05, 0) is 17.2 Å². The van der Waals surface area contributed by atoms with Gasteiger partial charge in [0.25, 0.3) is 0 Å². The lowest BCUT2D eigenvalue weighted by Crippen LogP contribution is -2.35. The van der Waals surface area contributed by atoms with Gasteiger partial charge in [0.15, 0.2) is 5.82 Å². The molecule has 0 unspecified atom stereocenters. The minimum atomic E-state index is -0.370. The molecule has 5 rings (SSSR count). The van der Waals surface area contributed by atoms with Crippen LogP contribution in [0.1, 0.15) is 17.2 Å². The van der Waals surface area contributed by atoms with Crippen LogP contribution in [0.5, 0.6) is 0 Å². The summed E-state index contributed by atoms with van der Waals surface area (Å²) in [5.74, 6) is 0.341. The Labute approximate surface area is 202 Å². The van der Waals surface area contributed by atoms with E-state index in [-0.39, 0.29) is 23.8 Å². The Balaban J connectivity index is 1.29. The van der Waals surface area contributed by atoms with Crippen molar-refractivity contribution in [2.45, 2.75) is 25.4 Å². The molecule has 3 atom stereocenters. The fourth-order valence-electron chi connectivity index (χ4n) is 4.26. The Hall–Kier alpha value is -3.66. The zero-order valence-corrected chi connectivity index (χ0v) is 19.2. The number of nitrogens with zero attached hydrogens (tertiary/aromatic N) is 5. The quantitative estimate of drug-likeness (QED) is 0.350. The second-order valence-electron chi connectivity index (χ2n) is 8.42. The average Bonchev–Trinajstić information content (AvgIpc) is 3.56.